The summed E-state index contributed by atoms with van der Waals surface area (Å²) < 4.78 is 2.12. The first kappa shape index (κ1) is 13.9. The van der Waals surface area contributed by atoms with Crippen molar-refractivity contribution in [3.8, 4) is 6.07 Å². The van der Waals surface area contributed by atoms with E-state index in [4.69, 9.17) is 5.26 Å². The molecule has 2 aromatic rings. The Morgan fingerprint density at radius 2 is 2.22 bits per heavy atom. The van der Waals surface area contributed by atoms with E-state index in [0.717, 1.165) is 48.8 Å². The van der Waals surface area contributed by atoms with Crippen LogP contribution in [-0.2, 0) is 11.2 Å². The van der Waals surface area contributed by atoms with Crippen molar-refractivity contribution in [1.82, 2.24) is 24.5 Å². The number of fused-ring (bicyclic) bond motifs is 3. The van der Waals surface area contributed by atoms with Crippen LogP contribution in [-0.4, -0.2) is 50.0 Å². The molecule has 2 aliphatic rings. The fourth-order valence-corrected chi connectivity index (χ4v) is 3.48. The maximum absolute atomic E-state index is 11.8. The van der Waals surface area contributed by atoms with Gasteiger partial charge in [0.25, 0.3) is 0 Å². The highest BCUT2D eigenvalue weighted by Crippen LogP contribution is 2.30. The minimum Gasteiger partial charge on any atom is -0.368 e. The number of anilines is 1. The molecule has 4 heterocycles. The average molecular weight is 311 g/mol. The van der Waals surface area contributed by atoms with Crippen molar-refractivity contribution in [2.24, 2.45) is 0 Å². The predicted octanol–water partition coefficient (Wildman–Crippen LogP) is 0.712. The van der Waals surface area contributed by atoms with Gasteiger partial charge in [-0.1, -0.05) is 0 Å². The lowest BCUT2D eigenvalue weighted by Crippen LogP contribution is -2.38. The quantitative estimate of drug-likeness (QED) is 0.877. The largest absolute Gasteiger partial charge is 0.368 e. The van der Waals surface area contributed by atoms with Crippen LogP contribution >= 0.6 is 0 Å². The Labute approximate surface area is 133 Å². The van der Waals surface area contributed by atoms with Gasteiger partial charge in [-0.3, -0.25) is 9.20 Å². The van der Waals surface area contributed by atoms with Crippen LogP contribution in [0.4, 0.5) is 5.82 Å². The summed E-state index contributed by atoms with van der Waals surface area (Å²) in [5, 5.41) is 20.6. The number of nitrogens with one attached hydrogen (secondary N) is 1. The van der Waals surface area contributed by atoms with E-state index in [0.29, 0.717) is 13.1 Å². The van der Waals surface area contributed by atoms with Gasteiger partial charge in [0.2, 0.25) is 5.91 Å². The molecule has 0 radical (unpaired) electrons. The van der Waals surface area contributed by atoms with Crippen molar-refractivity contribution in [2.75, 3.05) is 25.0 Å². The van der Waals surface area contributed by atoms with Crippen molar-refractivity contribution in [2.45, 2.75) is 31.6 Å². The smallest absolute Gasteiger partial charge is 0.236 e. The minimum absolute atomic E-state index is 0.0383. The maximum atomic E-state index is 11.8. The number of likely N-dealkylation sites (tertiary alicyclic amines) is 1. The maximum Gasteiger partial charge on any atom is 0.236 e. The van der Waals surface area contributed by atoms with Gasteiger partial charge in [-0.2, -0.15) is 5.26 Å². The molecule has 1 saturated heterocycles. The summed E-state index contributed by atoms with van der Waals surface area (Å²) in [5.74, 6) is 2.09. The zero-order chi connectivity index (χ0) is 15.8. The first-order valence-corrected chi connectivity index (χ1v) is 7.89. The Morgan fingerprint density at radius 1 is 1.39 bits per heavy atom. The number of aromatic nitrogens is 4. The van der Waals surface area contributed by atoms with Crippen LogP contribution in [0.2, 0.25) is 0 Å². The normalized spacial score (nSPS) is 17.8. The monoisotopic (exact) mass is 311 g/mol. The Bertz CT molecular complexity index is 798. The number of carbonyl (C=O) groups is 1. The van der Waals surface area contributed by atoms with Crippen LogP contribution < -0.4 is 5.32 Å². The molecular formula is C15H17N7O. The van der Waals surface area contributed by atoms with Crippen molar-refractivity contribution in [3.05, 3.63) is 17.7 Å². The summed E-state index contributed by atoms with van der Waals surface area (Å²) in [6.07, 6.45) is 4.33. The third-order valence-corrected chi connectivity index (χ3v) is 4.66. The van der Waals surface area contributed by atoms with Crippen LogP contribution in [0.5, 0.6) is 0 Å². The van der Waals surface area contributed by atoms with E-state index in [-0.39, 0.29) is 18.2 Å². The molecule has 0 aliphatic carbocycles. The van der Waals surface area contributed by atoms with Crippen LogP contribution in [0.3, 0.4) is 0 Å². The third kappa shape index (κ3) is 2.29. The Morgan fingerprint density at radius 3 is 3.00 bits per heavy atom. The molecule has 1 N–H and O–H groups in total. The second kappa shape index (κ2) is 5.50. The first-order valence-electron chi connectivity index (χ1n) is 7.89. The number of hydrogen-bond donors (Lipinski definition) is 1. The Hall–Kier alpha value is -2.69. The molecule has 1 amide bonds. The van der Waals surface area contributed by atoms with Gasteiger partial charge < -0.3 is 10.2 Å². The minimum atomic E-state index is -0.0775. The van der Waals surface area contributed by atoms with Gasteiger partial charge in [-0.25, -0.2) is 4.98 Å². The van der Waals surface area contributed by atoms with E-state index in [1.54, 1.807) is 11.1 Å². The van der Waals surface area contributed by atoms with Gasteiger partial charge in [0.1, 0.15) is 18.1 Å². The first-order chi connectivity index (χ1) is 11.3. The summed E-state index contributed by atoms with van der Waals surface area (Å²) in [5.41, 5.74) is 1.93. The molecule has 0 bridgehead atoms. The van der Waals surface area contributed by atoms with Crippen LogP contribution in [0, 0.1) is 11.3 Å². The fraction of sp³-hybridized carbons (Fsp3) is 0.533. The van der Waals surface area contributed by atoms with Gasteiger partial charge in [-0.15, -0.1) is 10.2 Å². The van der Waals surface area contributed by atoms with Gasteiger partial charge >= 0.3 is 0 Å². The summed E-state index contributed by atoms with van der Waals surface area (Å²) in [7, 11) is 0. The zero-order valence-corrected chi connectivity index (χ0v) is 12.7. The molecule has 0 aromatic carbocycles. The van der Waals surface area contributed by atoms with Crippen molar-refractivity contribution in [3.63, 3.8) is 0 Å². The van der Waals surface area contributed by atoms with E-state index in [1.165, 1.54) is 0 Å². The second-order valence-electron chi connectivity index (χ2n) is 5.97. The number of nitrogens with zero attached hydrogens (tertiary/aromatic N) is 6. The van der Waals surface area contributed by atoms with Crippen LogP contribution in [0.25, 0.3) is 5.65 Å². The molecule has 8 nitrogen and oxygen atoms in total. The van der Waals surface area contributed by atoms with E-state index in [2.05, 4.69) is 24.9 Å². The summed E-state index contributed by atoms with van der Waals surface area (Å²) in [4.78, 5) is 18.0. The van der Waals surface area contributed by atoms with E-state index >= 15 is 0 Å². The van der Waals surface area contributed by atoms with Crippen LogP contribution in [0.1, 0.15) is 36.7 Å². The number of rotatable bonds is 2. The highest BCUT2D eigenvalue weighted by molar-refractivity contribution is 5.78. The van der Waals surface area contributed by atoms with Crippen LogP contribution in [0.15, 0.2) is 6.20 Å². The van der Waals surface area contributed by atoms with Crippen molar-refractivity contribution < 1.29 is 4.79 Å². The van der Waals surface area contributed by atoms with Gasteiger partial charge in [-0.05, 0) is 12.8 Å². The van der Waals surface area contributed by atoms with Gasteiger partial charge in [0.15, 0.2) is 5.65 Å². The number of amides is 1. The molecule has 23 heavy (non-hydrogen) atoms. The van der Waals surface area contributed by atoms with E-state index in [1.807, 2.05) is 6.07 Å². The molecule has 8 heteroatoms. The molecular weight excluding hydrogens is 294 g/mol. The van der Waals surface area contributed by atoms with Gasteiger partial charge in [0.05, 0.1) is 18.0 Å². The number of carbonyl (C=O) groups excluding carboxylic acids is 1. The molecule has 1 fully saturated rings. The molecule has 118 valence electrons. The van der Waals surface area contributed by atoms with E-state index < -0.39 is 0 Å². The average Bonchev–Trinajstić information content (AvgIpc) is 3.21. The Balaban J connectivity index is 1.59. The summed E-state index contributed by atoms with van der Waals surface area (Å²) in [6, 6.07) is 1.92. The number of hydrogen-bond acceptors (Lipinski definition) is 6. The molecule has 4 rings (SSSR count). The lowest BCUT2D eigenvalue weighted by atomic mass is 9.95. The number of nitriles is 1. The standard InChI is InChI=1S/C15H17N7O/c16-5-1-13(23)21-7-3-10(4-8-21)15-20-19-12-9-18-14-11(22(12)15)2-6-17-14/h9-10,17H,1-4,6-8H2. The lowest BCUT2D eigenvalue weighted by Gasteiger charge is -2.30. The third-order valence-electron chi connectivity index (χ3n) is 4.66. The van der Waals surface area contributed by atoms with Gasteiger partial charge in [0, 0.05) is 32.0 Å². The highest BCUT2D eigenvalue weighted by atomic mass is 16.2. The molecule has 0 saturated carbocycles. The van der Waals surface area contributed by atoms with Crippen molar-refractivity contribution >= 4 is 17.4 Å². The summed E-state index contributed by atoms with van der Waals surface area (Å²) >= 11 is 0. The summed E-state index contributed by atoms with van der Waals surface area (Å²) in [6.45, 7) is 2.23. The molecule has 0 atom stereocenters. The lowest BCUT2D eigenvalue weighted by molar-refractivity contribution is -0.131. The highest BCUT2D eigenvalue weighted by Gasteiger charge is 2.28. The van der Waals surface area contributed by atoms with Crippen molar-refractivity contribution in [1.29, 1.82) is 5.26 Å². The topological polar surface area (TPSA) is 99.2 Å². The SMILES string of the molecule is N#CCC(=O)N1CCC(c2nnc3cnc4c(n23)CCN4)CC1. The molecule has 2 aromatic heterocycles. The zero-order valence-electron chi connectivity index (χ0n) is 12.7. The fourth-order valence-electron chi connectivity index (χ4n) is 3.48. The molecule has 0 spiro atoms. The van der Waals surface area contributed by atoms with E-state index in [9.17, 15) is 4.79 Å². The predicted molar refractivity (Wildman–Crippen MR) is 81.8 cm³/mol. The second-order valence-corrected chi connectivity index (χ2v) is 5.97. The number of piperidine rings is 1. The molecule has 2 aliphatic heterocycles. The molecule has 0 unspecified atom stereocenters. The Kier molecular flexibility index (Phi) is 3.33.